The van der Waals surface area contributed by atoms with Crippen molar-refractivity contribution in [3.05, 3.63) is 27.8 Å². The Morgan fingerprint density at radius 3 is 2.59 bits per heavy atom. The van der Waals surface area contributed by atoms with Crippen molar-refractivity contribution < 1.29 is 4.74 Å². The van der Waals surface area contributed by atoms with Crippen LogP contribution in [0.5, 0.6) is 5.75 Å². The van der Waals surface area contributed by atoms with Gasteiger partial charge in [0.1, 0.15) is 5.75 Å². The van der Waals surface area contributed by atoms with Crippen LogP contribution in [0.15, 0.2) is 6.07 Å². The van der Waals surface area contributed by atoms with Gasteiger partial charge in [-0.25, -0.2) is 0 Å². The van der Waals surface area contributed by atoms with Gasteiger partial charge >= 0.3 is 0 Å². The summed E-state index contributed by atoms with van der Waals surface area (Å²) < 4.78 is 5.38. The highest BCUT2D eigenvalue weighted by molar-refractivity contribution is 6.32. The summed E-state index contributed by atoms with van der Waals surface area (Å²) in [5.74, 6) is 0.847. The predicted octanol–water partition coefficient (Wildman–Crippen LogP) is 4.06. The number of hydrogen-bond acceptors (Lipinski definition) is 2. The Balaban J connectivity index is 3.22. The van der Waals surface area contributed by atoms with Crippen molar-refractivity contribution in [1.82, 2.24) is 0 Å². The maximum Gasteiger partial charge on any atom is 0.122 e. The number of ether oxygens (including phenoxy) is 1. The minimum atomic E-state index is 0.0152. The molecule has 1 aromatic rings. The van der Waals surface area contributed by atoms with Gasteiger partial charge in [0.05, 0.1) is 19.1 Å². The van der Waals surface area contributed by atoms with E-state index in [0.717, 1.165) is 33.9 Å². The third-order valence-electron chi connectivity index (χ3n) is 3.12. The van der Waals surface area contributed by atoms with Crippen molar-refractivity contribution in [3.8, 4) is 11.8 Å². The second kappa shape index (κ2) is 5.93. The molecule has 92 valence electrons. The SMILES string of the molecule is CCC(C#N)Cc1c(OC)cc(C)c(Cl)c1C. The lowest BCUT2D eigenvalue weighted by atomic mass is 9.93. The molecule has 0 aliphatic heterocycles. The Labute approximate surface area is 108 Å². The van der Waals surface area contributed by atoms with Gasteiger partial charge in [-0.3, -0.25) is 0 Å². The third kappa shape index (κ3) is 2.92. The van der Waals surface area contributed by atoms with Crippen molar-refractivity contribution in [2.24, 2.45) is 5.92 Å². The molecule has 0 aromatic heterocycles. The van der Waals surface area contributed by atoms with Crippen molar-refractivity contribution in [1.29, 1.82) is 5.26 Å². The number of aryl methyl sites for hydroxylation is 1. The highest BCUT2D eigenvalue weighted by atomic mass is 35.5. The zero-order valence-corrected chi connectivity index (χ0v) is 11.6. The van der Waals surface area contributed by atoms with Crippen LogP contribution in [0.25, 0.3) is 0 Å². The maximum absolute atomic E-state index is 9.04. The summed E-state index contributed by atoms with van der Waals surface area (Å²) in [5, 5.41) is 9.81. The summed E-state index contributed by atoms with van der Waals surface area (Å²) in [6.45, 7) is 5.96. The Morgan fingerprint density at radius 2 is 2.12 bits per heavy atom. The van der Waals surface area contributed by atoms with Crippen molar-refractivity contribution in [2.75, 3.05) is 7.11 Å². The van der Waals surface area contributed by atoms with Gasteiger partial charge in [0, 0.05) is 5.02 Å². The van der Waals surface area contributed by atoms with E-state index in [9.17, 15) is 0 Å². The summed E-state index contributed by atoms with van der Waals surface area (Å²) in [6.07, 6.45) is 1.53. The number of rotatable bonds is 4. The van der Waals surface area contributed by atoms with Crippen molar-refractivity contribution in [2.45, 2.75) is 33.6 Å². The first-order chi connectivity index (χ1) is 8.04. The average molecular weight is 252 g/mol. The minimum Gasteiger partial charge on any atom is -0.496 e. The zero-order chi connectivity index (χ0) is 13.0. The second-order valence-corrected chi connectivity index (χ2v) is 4.63. The van der Waals surface area contributed by atoms with E-state index in [-0.39, 0.29) is 5.92 Å². The molecule has 1 unspecified atom stereocenters. The topological polar surface area (TPSA) is 33.0 Å². The fraction of sp³-hybridized carbons (Fsp3) is 0.500. The quantitative estimate of drug-likeness (QED) is 0.809. The van der Waals surface area contributed by atoms with E-state index in [4.69, 9.17) is 21.6 Å². The molecule has 0 aliphatic carbocycles. The Bertz CT molecular complexity index is 449. The lowest BCUT2D eigenvalue weighted by Crippen LogP contribution is -2.05. The highest BCUT2D eigenvalue weighted by Crippen LogP contribution is 2.33. The van der Waals surface area contributed by atoms with Gasteiger partial charge in [0.15, 0.2) is 0 Å². The van der Waals surface area contributed by atoms with Crippen LogP contribution in [0.4, 0.5) is 0 Å². The maximum atomic E-state index is 9.04. The van der Waals surface area contributed by atoms with E-state index < -0.39 is 0 Å². The summed E-state index contributed by atoms with van der Waals surface area (Å²) in [4.78, 5) is 0. The summed E-state index contributed by atoms with van der Waals surface area (Å²) >= 11 is 6.24. The molecule has 0 saturated heterocycles. The Hall–Kier alpha value is -1.20. The summed E-state index contributed by atoms with van der Waals surface area (Å²) in [5.41, 5.74) is 3.09. The van der Waals surface area contributed by atoms with Crippen LogP contribution in [-0.2, 0) is 6.42 Å². The Kier molecular flexibility index (Phi) is 4.84. The van der Waals surface area contributed by atoms with E-state index in [1.165, 1.54) is 0 Å². The standard InChI is InChI=1S/C14H18ClNO/c1-5-11(8-16)7-12-10(3)14(15)9(2)6-13(12)17-4/h6,11H,5,7H2,1-4H3. The fourth-order valence-electron chi connectivity index (χ4n) is 1.92. The average Bonchev–Trinajstić information content (AvgIpc) is 2.34. The van der Waals surface area contributed by atoms with E-state index in [2.05, 4.69) is 6.07 Å². The van der Waals surface area contributed by atoms with E-state index in [1.54, 1.807) is 7.11 Å². The van der Waals surface area contributed by atoms with Crippen LogP contribution >= 0.6 is 11.6 Å². The lowest BCUT2D eigenvalue weighted by molar-refractivity contribution is 0.406. The number of halogens is 1. The number of nitriles is 1. The van der Waals surface area contributed by atoms with Crippen LogP contribution in [0.3, 0.4) is 0 Å². The summed E-state index contributed by atoms with van der Waals surface area (Å²) in [7, 11) is 1.65. The van der Waals surface area contributed by atoms with Crippen LogP contribution in [0.2, 0.25) is 5.02 Å². The second-order valence-electron chi connectivity index (χ2n) is 4.25. The molecule has 0 fully saturated rings. The van der Waals surface area contributed by atoms with Gasteiger partial charge in [0.2, 0.25) is 0 Å². The van der Waals surface area contributed by atoms with E-state index in [1.807, 2.05) is 26.8 Å². The first kappa shape index (κ1) is 13.9. The number of nitrogens with zero attached hydrogens (tertiary/aromatic N) is 1. The third-order valence-corrected chi connectivity index (χ3v) is 3.70. The van der Waals surface area contributed by atoms with Crippen LogP contribution in [-0.4, -0.2) is 7.11 Å². The number of hydrogen-bond donors (Lipinski definition) is 0. The van der Waals surface area contributed by atoms with E-state index >= 15 is 0 Å². The minimum absolute atomic E-state index is 0.0152. The molecule has 0 amide bonds. The van der Waals surface area contributed by atoms with Crippen LogP contribution in [0, 0.1) is 31.1 Å². The normalized spacial score (nSPS) is 12.0. The van der Waals surface area contributed by atoms with Gasteiger partial charge < -0.3 is 4.74 Å². The molecule has 1 atom stereocenters. The molecular weight excluding hydrogens is 234 g/mol. The molecule has 0 radical (unpaired) electrons. The van der Waals surface area contributed by atoms with Gasteiger partial charge in [-0.15, -0.1) is 0 Å². The molecule has 0 heterocycles. The van der Waals surface area contributed by atoms with Crippen molar-refractivity contribution >= 4 is 11.6 Å². The predicted molar refractivity (Wildman–Crippen MR) is 70.6 cm³/mol. The van der Waals surface area contributed by atoms with E-state index in [0.29, 0.717) is 6.42 Å². The molecule has 0 N–H and O–H groups in total. The molecule has 0 aliphatic rings. The van der Waals surface area contributed by atoms with Gasteiger partial charge in [-0.1, -0.05) is 18.5 Å². The first-order valence-corrected chi connectivity index (χ1v) is 6.15. The fourth-order valence-corrected chi connectivity index (χ4v) is 2.09. The highest BCUT2D eigenvalue weighted by Gasteiger charge is 2.16. The van der Waals surface area contributed by atoms with Crippen LogP contribution < -0.4 is 4.74 Å². The zero-order valence-electron chi connectivity index (χ0n) is 10.8. The molecule has 3 heteroatoms. The lowest BCUT2D eigenvalue weighted by Gasteiger charge is -2.16. The smallest absolute Gasteiger partial charge is 0.122 e. The van der Waals surface area contributed by atoms with Gasteiger partial charge in [-0.05, 0) is 49.4 Å². The molecular formula is C14H18ClNO. The molecule has 1 rings (SSSR count). The van der Waals surface area contributed by atoms with Crippen LogP contribution in [0.1, 0.15) is 30.0 Å². The molecule has 2 nitrogen and oxygen atoms in total. The largest absolute Gasteiger partial charge is 0.496 e. The van der Waals surface area contributed by atoms with Crippen molar-refractivity contribution in [3.63, 3.8) is 0 Å². The molecule has 1 aromatic carbocycles. The van der Waals surface area contributed by atoms with Gasteiger partial charge in [0.25, 0.3) is 0 Å². The Morgan fingerprint density at radius 1 is 1.47 bits per heavy atom. The molecule has 0 saturated carbocycles. The molecule has 0 bridgehead atoms. The molecule has 0 spiro atoms. The number of methoxy groups -OCH3 is 1. The monoisotopic (exact) mass is 251 g/mol. The van der Waals surface area contributed by atoms with Gasteiger partial charge in [-0.2, -0.15) is 5.26 Å². The summed E-state index contributed by atoms with van der Waals surface area (Å²) in [6, 6.07) is 4.25. The molecule has 17 heavy (non-hydrogen) atoms. The number of benzene rings is 1. The first-order valence-electron chi connectivity index (χ1n) is 5.77.